The first-order valence-corrected chi connectivity index (χ1v) is 16.7. The molecule has 0 aliphatic heterocycles. The summed E-state index contributed by atoms with van der Waals surface area (Å²) >= 11 is 1.32. The Morgan fingerprint density at radius 1 is 0.851 bits per heavy atom. The maximum absolute atomic E-state index is 13.9. The standard InChI is InChI=1S/C36H40F4N4O2S/c1-4-7-31-32(41-35(42-34(31)46)47-24-26-10-18-30(37)19-11-26)22-33(45)44(21-20-43(5-2)6-3)23-25-8-12-27(13-9-25)28-14-16-29(17-15-28)36(38,39)40/h8-19H,4-7,20-24H2,1-3H3,(H,41,42,46). The molecule has 0 spiro atoms. The Balaban J connectivity index is 1.54. The van der Waals surface area contributed by atoms with E-state index in [0.717, 1.165) is 41.9 Å². The second kappa shape index (κ2) is 16.7. The van der Waals surface area contributed by atoms with Crippen LogP contribution in [0.15, 0.2) is 82.7 Å². The highest BCUT2D eigenvalue weighted by atomic mass is 32.2. The number of hydrogen-bond acceptors (Lipinski definition) is 5. The van der Waals surface area contributed by atoms with Crippen LogP contribution in [0.1, 0.15) is 55.1 Å². The van der Waals surface area contributed by atoms with Gasteiger partial charge in [-0.3, -0.25) is 9.59 Å². The molecule has 0 aliphatic rings. The van der Waals surface area contributed by atoms with Gasteiger partial charge in [-0.2, -0.15) is 13.2 Å². The zero-order valence-corrected chi connectivity index (χ0v) is 27.7. The van der Waals surface area contributed by atoms with Crippen molar-refractivity contribution in [1.29, 1.82) is 0 Å². The number of alkyl halides is 3. The zero-order chi connectivity index (χ0) is 34.0. The average molecular weight is 669 g/mol. The summed E-state index contributed by atoms with van der Waals surface area (Å²) in [6.07, 6.45) is -3.23. The van der Waals surface area contributed by atoms with Gasteiger partial charge in [-0.15, -0.1) is 0 Å². The minimum atomic E-state index is -4.39. The summed E-state index contributed by atoms with van der Waals surface area (Å²) in [5.74, 6) is -0.00750. The van der Waals surface area contributed by atoms with Gasteiger partial charge in [0.1, 0.15) is 5.82 Å². The molecular formula is C36H40F4N4O2S. The van der Waals surface area contributed by atoms with Crippen molar-refractivity contribution in [3.8, 4) is 11.1 Å². The lowest BCUT2D eigenvalue weighted by Crippen LogP contribution is -2.39. The lowest BCUT2D eigenvalue weighted by molar-refractivity contribution is -0.137. The Morgan fingerprint density at radius 2 is 1.45 bits per heavy atom. The largest absolute Gasteiger partial charge is 0.416 e. The molecule has 250 valence electrons. The molecule has 6 nitrogen and oxygen atoms in total. The van der Waals surface area contributed by atoms with E-state index in [-0.39, 0.29) is 23.7 Å². The minimum absolute atomic E-state index is 0.0365. The van der Waals surface area contributed by atoms with Crippen molar-refractivity contribution in [3.63, 3.8) is 0 Å². The number of H-pyrrole nitrogens is 1. The van der Waals surface area contributed by atoms with Crippen LogP contribution in [-0.4, -0.2) is 51.9 Å². The Hall–Kier alpha value is -3.96. The number of carbonyl (C=O) groups is 1. The molecule has 1 N–H and O–H groups in total. The molecule has 0 saturated heterocycles. The smallest absolute Gasteiger partial charge is 0.337 e. The van der Waals surface area contributed by atoms with E-state index in [1.807, 2.05) is 31.2 Å². The van der Waals surface area contributed by atoms with Crippen molar-refractivity contribution in [2.24, 2.45) is 0 Å². The first-order valence-electron chi connectivity index (χ1n) is 15.8. The number of rotatable bonds is 15. The molecule has 0 aliphatic carbocycles. The number of hydrogen-bond donors (Lipinski definition) is 1. The highest BCUT2D eigenvalue weighted by molar-refractivity contribution is 7.98. The van der Waals surface area contributed by atoms with Crippen LogP contribution in [0.5, 0.6) is 0 Å². The summed E-state index contributed by atoms with van der Waals surface area (Å²) in [6.45, 7) is 9.25. The summed E-state index contributed by atoms with van der Waals surface area (Å²) in [5, 5.41) is 0.399. The zero-order valence-electron chi connectivity index (χ0n) is 26.9. The molecule has 1 heterocycles. The predicted octanol–water partition coefficient (Wildman–Crippen LogP) is 7.75. The molecule has 0 radical (unpaired) electrons. The lowest BCUT2D eigenvalue weighted by Gasteiger charge is -2.27. The van der Waals surface area contributed by atoms with Crippen LogP contribution in [0, 0.1) is 5.82 Å². The summed E-state index contributed by atoms with van der Waals surface area (Å²) in [7, 11) is 0. The molecule has 1 amide bonds. The SMILES string of the molecule is CCCc1c(CC(=O)N(CCN(CC)CC)Cc2ccc(-c3ccc(C(F)(F)F)cc3)cc2)nc(SCc2ccc(F)cc2)[nH]c1=O. The van der Waals surface area contributed by atoms with Crippen LogP contribution < -0.4 is 5.56 Å². The molecule has 0 atom stereocenters. The Kier molecular flexibility index (Phi) is 12.8. The molecule has 3 aromatic carbocycles. The van der Waals surface area contributed by atoms with Gasteiger partial charge in [0.05, 0.1) is 17.7 Å². The monoisotopic (exact) mass is 668 g/mol. The first kappa shape index (κ1) is 35.9. The Morgan fingerprint density at radius 3 is 2.02 bits per heavy atom. The van der Waals surface area contributed by atoms with E-state index < -0.39 is 11.7 Å². The fourth-order valence-electron chi connectivity index (χ4n) is 5.20. The van der Waals surface area contributed by atoms with Gasteiger partial charge in [0.15, 0.2) is 5.16 Å². The molecule has 1 aromatic heterocycles. The van der Waals surface area contributed by atoms with Gasteiger partial charge in [-0.05, 0) is 66.0 Å². The molecule has 0 bridgehead atoms. The molecule has 4 rings (SSSR count). The normalized spacial score (nSPS) is 11.7. The highest BCUT2D eigenvalue weighted by Gasteiger charge is 2.30. The number of aromatic nitrogens is 2. The third-order valence-electron chi connectivity index (χ3n) is 7.99. The number of carbonyl (C=O) groups excluding carboxylic acids is 1. The van der Waals surface area contributed by atoms with E-state index in [4.69, 9.17) is 4.98 Å². The van der Waals surface area contributed by atoms with Crippen LogP contribution in [0.25, 0.3) is 11.1 Å². The fourth-order valence-corrected chi connectivity index (χ4v) is 6.04. The van der Waals surface area contributed by atoms with Crippen LogP contribution >= 0.6 is 11.8 Å². The van der Waals surface area contributed by atoms with Crippen molar-refractivity contribution >= 4 is 17.7 Å². The van der Waals surface area contributed by atoms with Gasteiger partial charge in [-0.25, -0.2) is 9.37 Å². The summed E-state index contributed by atoms with van der Waals surface area (Å²) in [4.78, 5) is 38.6. The van der Waals surface area contributed by atoms with E-state index in [0.29, 0.717) is 60.2 Å². The second-order valence-corrected chi connectivity index (χ2v) is 12.2. The number of aromatic amines is 1. The topological polar surface area (TPSA) is 69.3 Å². The van der Waals surface area contributed by atoms with E-state index in [2.05, 4.69) is 23.7 Å². The number of amides is 1. The molecule has 11 heteroatoms. The van der Waals surface area contributed by atoms with Gasteiger partial charge in [0.25, 0.3) is 5.56 Å². The number of nitrogens with zero attached hydrogens (tertiary/aromatic N) is 3. The predicted molar refractivity (Wildman–Crippen MR) is 179 cm³/mol. The van der Waals surface area contributed by atoms with Crippen LogP contribution in [0.4, 0.5) is 17.6 Å². The number of nitrogens with one attached hydrogen (secondary N) is 1. The molecule has 47 heavy (non-hydrogen) atoms. The quantitative estimate of drug-likeness (QED) is 0.0797. The van der Waals surface area contributed by atoms with Crippen molar-refractivity contribution in [2.45, 2.75) is 63.7 Å². The maximum atomic E-state index is 13.9. The number of halogens is 4. The number of thioether (sulfide) groups is 1. The molecule has 0 unspecified atom stereocenters. The van der Waals surface area contributed by atoms with Gasteiger partial charge >= 0.3 is 6.18 Å². The third-order valence-corrected chi connectivity index (χ3v) is 8.94. The third kappa shape index (κ3) is 10.3. The van der Waals surface area contributed by atoms with E-state index in [1.54, 1.807) is 17.0 Å². The molecule has 0 saturated carbocycles. The highest BCUT2D eigenvalue weighted by Crippen LogP contribution is 2.31. The van der Waals surface area contributed by atoms with Crippen molar-refractivity contribution in [3.05, 3.63) is 117 Å². The summed E-state index contributed by atoms with van der Waals surface area (Å²) in [5.41, 5.74) is 3.17. The number of benzene rings is 3. The average Bonchev–Trinajstić information content (AvgIpc) is 3.06. The first-order chi connectivity index (χ1) is 22.5. The van der Waals surface area contributed by atoms with Crippen molar-refractivity contribution < 1.29 is 22.4 Å². The van der Waals surface area contributed by atoms with Gasteiger partial charge in [0, 0.05) is 31.0 Å². The summed E-state index contributed by atoms with van der Waals surface area (Å²) in [6, 6.07) is 18.6. The van der Waals surface area contributed by atoms with Crippen LogP contribution in [-0.2, 0) is 36.1 Å². The van der Waals surface area contributed by atoms with E-state index in [9.17, 15) is 27.2 Å². The number of likely N-dealkylation sites (N-methyl/N-ethyl adjacent to an activating group) is 1. The minimum Gasteiger partial charge on any atom is -0.337 e. The molecule has 0 fully saturated rings. The summed E-state index contributed by atoms with van der Waals surface area (Å²) < 4.78 is 52.3. The van der Waals surface area contributed by atoms with Crippen molar-refractivity contribution in [2.75, 3.05) is 26.2 Å². The van der Waals surface area contributed by atoms with Crippen molar-refractivity contribution in [1.82, 2.24) is 19.8 Å². The van der Waals surface area contributed by atoms with Gasteiger partial charge in [-0.1, -0.05) is 87.5 Å². The Bertz CT molecular complexity index is 1650. The van der Waals surface area contributed by atoms with Crippen LogP contribution in [0.2, 0.25) is 0 Å². The maximum Gasteiger partial charge on any atom is 0.416 e. The Labute approximate surface area is 277 Å². The lowest BCUT2D eigenvalue weighted by atomic mass is 10.0. The van der Waals surface area contributed by atoms with Gasteiger partial charge < -0.3 is 14.8 Å². The second-order valence-electron chi connectivity index (χ2n) is 11.3. The molecule has 4 aromatic rings. The fraction of sp³-hybridized carbons (Fsp3) is 0.361. The van der Waals surface area contributed by atoms with E-state index >= 15 is 0 Å². The van der Waals surface area contributed by atoms with Gasteiger partial charge in [0.2, 0.25) is 5.91 Å². The van der Waals surface area contributed by atoms with Crippen LogP contribution in [0.3, 0.4) is 0 Å². The van der Waals surface area contributed by atoms with E-state index in [1.165, 1.54) is 36.0 Å². The molecular weight excluding hydrogens is 628 g/mol.